The summed E-state index contributed by atoms with van der Waals surface area (Å²) >= 11 is 0. The molecule has 0 spiro atoms. The van der Waals surface area contributed by atoms with E-state index in [2.05, 4.69) is 45.0 Å². The standard InChI is InChI=1S/C44H52O6/c1-40(2,3)37(45)48-34-23-17-30(18-24-34)43(10,11)29-13-15-31(16-14-29)44(12,32-19-25-35(26-20-32)49-38(46)41(4,5)6)33-21-27-36(28-22-33)50-39(47)42(7,8)9/h13-28H,1-12H3. The molecule has 0 atom stereocenters. The number of hydrogen-bond donors (Lipinski definition) is 0. The summed E-state index contributed by atoms with van der Waals surface area (Å²) in [5, 5.41) is 0. The third-order valence-corrected chi connectivity index (χ3v) is 9.09. The van der Waals surface area contributed by atoms with Crippen LogP contribution in [0.5, 0.6) is 17.2 Å². The fourth-order valence-electron chi connectivity index (χ4n) is 5.32. The molecule has 0 aliphatic carbocycles. The monoisotopic (exact) mass is 676 g/mol. The van der Waals surface area contributed by atoms with E-state index in [-0.39, 0.29) is 23.3 Å². The quantitative estimate of drug-likeness (QED) is 0.105. The van der Waals surface area contributed by atoms with Crippen molar-refractivity contribution >= 4 is 17.9 Å². The molecule has 0 saturated carbocycles. The van der Waals surface area contributed by atoms with E-state index in [0.717, 1.165) is 27.8 Å². The van der Waals surface area contributed by atoms with Gasteiger partial charge in [0.1, 0.15) is 17.2 Å². The van der Waals surface area contributed by atoms with Gasteiger partial charge in [-0.1, -0.05) is 74.5 Å². The van der Waals surface area contributed by atoms with Gasteiger partial charge in [-0.3, -0.25) is 14.4 Å². The molecule has 0 fully saturated rings. The second-order valence-electron chi connectivity index (χ2n) is 16.8. The van der Waals surface area contributed by atoms with E-state index < -0.39 is 21.7 Å². The number of esters is 3. The molecular formula is C44H52O6. The Labute approximate surface area is 298 Å². The molecule has 6 heteroatoms. The summed E-state index contributed by atoms with van der Waals surface area (Å²) in [5.74, 6) is 0.617. The van der Waals surface area contributed by atoms with Crippen LogP contribution in [0, 0.1) is 16.2 Å². The average molecular weight is 677 g/mol. The van der Waals surface area contributed by atoms with Crippen molar-refractivity contribution in [2.24, 2.45) is 16.2 Å². The highest BCUT2D eigenvalue weighted by atomic mass is 16.5. The lowest BCUT2D eigenvalue weighted by molar-refractivity contribution is -0.143. The van der Waals surface area contributed by atoms with Crippen LogP contribution in [-0.2, 0) is 25.2 Å². The molecule has 0 saturated heterocycles. The largest absolute Gasteiger partial charge is 0.426 e. The topological polar surface area (TPSA) is 78.9 Å². The van der Waals surface area contributed by atoms with Crippen molar-refractivity contribution in [3.63, 3.8) is 0 Å². The maximum Gasteiger partial charge on any atom is 0.316 e. The van der Waals surface area contributed by atoms with Crippen LogP contribution in [0.3, 0.4) is 0 Å². The highest BCUT2D eigenvalue weighted by Gasteiger charge is 2.33. The van der Waals surface area contributed by atoms with E-state index in [0.29, 0.717) is 17.2 Å². The molecule has 0 unspecified atom stereocenters. The van der Waals surface area contributed by atoms with Crippen LogP contribution in [0.1, 0.15) is 111 Å². The van der Waals surface area contributed by atoms with Crippen LogP contribution in [0.4, 0.5) is 0 Å². The van der Waals surface area contributed by atoms with Gasteiger partial charge in [0.2, 0.25) is 0 Å². The molecule has 0 N–H and O–H groups in total. The molecule has 0 aliphatic rings. The second-order valence-corrected chi connectivity index (χ2v) is 16.8. The third kappa shape index (κ3) is 8.53. The maximum atomic E-state index is 12.6. The van der Waals surface area contributed by atoms with Gasteiger partial charge in [-0.2, -0.15) is 0 Å². The molecule has 0 radical (unpaired) electrons. The molecule has 0 amide bonds. The Morgan fingerprint density at radius 2 is 0.540 bits per heavy atom. The Hall–Kier alpha value is -4.71. The van der Waals surface area contributed by atoms with Gasteiger partial charge in [-0.15, -0.1) is 0 Å². The summed E-state index contributed by atoms with van der Waals surface area (Å²) in [6.45, 7) is 23.0. The smallest absolute Gasteiger partial charge is 0.316 e. The number of benzene rings is 4. The van der Waals surface area contributed by atoms with Gasteiger partial charge in [0, 0.05) is 10.8 Å². The highest BCUT2D eigenvalue weighted by molar-refractivity contribution is 5.79. The Bertz CT molecular complexity index is 1740. The fraction of sp³-hybridized carbons (Fsp3) is 0.386. The Balaban J connectivity index is 1.70. The second kappa shape index (κ2) is 13.9. The van der Waals surface area contributed by atoms with E-state index in [1.807, 2.05) is 135 Å². The van der Waals surface area contributed by atoms with Crippen molar-refractivity contribution in [2.75, 3.05) is 0 Å². The zero-order valence-electron chi connectivity index (χ0n) is 31.7. The van der Waals surface area contributed by atoms with Crippen LogP contribution >= 0.6 is 0 Å². The zero-order chi connectivity index (χ0) is 37.3. The number of rotatable bonds is 8. The van der Waals surface area contributed by atoms with Gasteiger partial charge in [-0.25, -0.2) is 0 Å². The molecule has 50 heavy (non-hydrogen) atoms. The van der Waals surface area contributed by atoms with E-state index in [1.54, 1.807) is 0 Å². The number of carbonyl (C=O) groups excluding carboxylic acids is 3. The lowest BCUT2D eigenvalue weighted by atomic mass is 9.70. The van der Waals surface area contributed by atoms with Crippen LogP contribution in [0.15, 0.2) is 97.1 Å². The number of hydrogen-bond acceptors (Lipinski definition) is 6. The Morgan fingerprint density at radius 1 is 0.340 bits per heavy atom. The molecule has 0 aromatic heterocycles. The summed E-state index contributed by atoms with van der Waals surface area (Å²) in [6, 6.07) is 31.6. The van der Waals surface area contributed by atoms with Gasteiger partial charge in [0.05, 0.1) is 16.2 Å². The van der Waals surface area contributed by atoms with Crippen LogP contribution in [0.25, 0.3) is 0 Å². The minimum absolute atomic E-state index is 0.274. The van der Waals surface area contributed by atoms with Crippen molar-refractivity contribution in [1.29, 1.82) is 0 Å². The van der Waals surface area contributed by atoms with Crippen LogP contribution < -0.4 is 14.2 Å². The van der Waals surface area contributed by atoms with E-state index in [1.165, 1.54) is 0 Å². The zero-order valence-corrected chi connectivity index (χ0v) is 31.7. The Morgan fingerprint density at radius 3 is 0.780 bits per heavy atom. The molecule has 4 aromatic rings. The summed E-state index contributed by atoms with van der Waals surface area (Å²) in [6.07, 6.45) is 0. The van der Waals surface area contributed by atoms with Crippen molar-refractivity contribution in [3.8, 4) is 17.2 Å². The van der Waals surface area contributed by atoms with Crippen molar-refractivity contribution < 1.29 is 28.6 Å². The first kappa shape index (κ1) is 38.1. The lowest BCUT2D eigenvalue weighted by Gasteiger charge is -2.33. The van der Waals surface area contributed by atoms with Gasteiger partial charge >= 0.3 is 17.9 Å². The minimum atomic E-state index is -0.623. The van der Waals surface area contributed by atoms with Gasteiger partial charge in [-0.05, 0) is 133 Å². The first-order valence-electron chi connectivity index (χ1n) is 17.1. The number of carbonyl (C=O) groups is 3. The van der Waals surface area contributed by atoms with E-state index >= 15 is 0 Å². The van der Waals surface area contributed by atoms with Gasteiger partial charge < -0.3 is 14.2 Å². The average Bonchev–Trinajstić information content (AvgIpc) is 3.04. The summed E-state index contributed by atoms with van der Waals surface area (Å²) in [5.41, 5.74) is 2.49. The summed E-state index contributed by atoms with van der Waals surface area (Å²) in [4.78, 5) is 37.5. The first-order valence-corrected chi connectivity index (χ1v) is 17.1. The van der Waals surface area contributed by atoms with Crippen molar-refractivity contribution in [1.82, 2.24) is 0 Å². The molecule has 4 aromatic carbocycles. The lowest BCUT2D eigenvalue weighted by Crippen LogP contribution is -2.27. The predicted octanol–water partition coefficient (Wildman–Crippen LogP) is 10.2. The number of ether oxygens (including phenoxy) is 3. The highest BCUT2D eigenvalue weighted by Crippen LogP contribution is 2.42. The third-order valence-electron chi connectivity index (χ3n) is 9.09. The van der Waals surface area contributed by atoms with Crippen molar-refractivity contribution in [2.45, 2.75) is 93.9 Å². The van der Waals surface area contributed by atoms with Crippen LogP contribution in [0.2, 0.25) is 0 Å². The molecule has 6 nitrogen and oxygen atoms in total. The maximum absolute atomic E-state index is 12.6. The van der Waals surface area contributed by atoms with Crippen LogP contribution in [-0.4, -0.2) is 17.9 Å². The van der Waals surface area contributed by atoms with Crippen molar-refractivity contribution in [3.05, 3.63) is 125 Å². The molecule has 4 rings (SSSR count). The molecule has 264 valence electrons. The fourth-order valence-corrected chi connectivity index (χ4v) is 5.32. The predicted molar refractivity (Wildman–Crippen MR) is 199 cm³/mol. The van der Waals surface area contributed by atoms with E-state index in [9.17, 15) is 14.4 Å². The molecule has 0 aliphatic heterocycles. The molecular weight excluding hydrogens is 624 g/mol. The van der Waals surface area contributed by atoms with Gasteiger partial charge in [0.15, 0.2) is 0 Å². The SMILES string of the molecule is CC(C)(C)C(=O)Oc1ccc(C(C)(C)c2ccc(C(C)(c3ccc(OC(=O)C(C)(C)C)cc3)c3ccc(OC(=O)C(C)(C)C)cc3)cc2)cc1. The molecule has 0 bridgehead atoms. The normalized spacial score (nSPS) is 12.6. The van der Waals surface area contributed by atoms with Gasteiger partial charge in [0.25, 0.3) is 0 Å². The molecule has 0 heterocycles. The van der Waals surface area contributed by atoms with E-state index in [4.69, 9.17) is 14.2 Å². The summed E-state index contributed by atoms with van der Waals surface area (Å²) < 4.78 is 16.9. The summed E-state index contributed by atoms with van der Waals surface area (Å²) in [7, 11) is 0. The Kier molecular flexibility index (Phi) is 10.6. The first-order chi connectivity index (χ1) is 23.0. The minimum Gasteiger partial charge on any atom is -0.426 e.